The molecule has 0 spiro atoms. The maximum absolute atomic E-state index is 12.4. The molecule has 24 heavy (non-hydrogen) atoms. The van der Waals surface area contributed by atoms with Crippen LogP contribution in [0.3, 0.4) is 0 Å². The molecule has 2 rings (SSSR count). The van der Waals surface area contributed by atoms with Gasteiger partial charge < -0.3 is 14.8 Å². The Morgan fingerprint density at radius 2 is 1.62 bits per heavy atom. The van der Waals surface area contributed by atoms with Gasteiger partial charge in [0.15, 0.2) is 6.10 Å². The third-order valence-corrected chi connectivity index (χ3v) is 4.30. The van der Waals surface area contributed by atoms with Crippen LogP contribution < -0.4 is 14.8 Å². The second kappa shape index (κ2) is 8.47. The summed E-state index contributed by atoms with van der Waals surface area (Å²) in [4.78, 5) is 12.4. The van der Waals surface area contributed by atoms with Crippen LogP contribution in [0.5, 0.6) is 11.5 Å². The zero-order chi connectivity index (χ0) is 17.7. The molecule has 2 aromatic rings. The molecule has 0 aliphatic heterocycles. The maximum Gasteiger partial charge on any atom is 0.265 e. The van der Waals surface area contributed by atoms with Crippen molar-refractivity contribution in [1.29, 1.82) is 0 Å². The number of methoxy groups -OCH3 is 1. The average molecular weight is 389 g/mol. The predicted octanol–water partition coefficient (Wildman–Crippen LogP) is 5.45. The van der Waals surface area contributed by atoms with Gasteiger partial charge in [-0.25, -0.2) is 0 Å². The van der Waals surface area contributed by atoms with Crippen molar-refractivity contribution >= 4 is 46.4 Å². The summed E-state index contributed by atoms with van der Waals surface area (Å²) in [5, 5.41) is 3.64. The fraction of sp³-hybridized carbons (Fsp3) is 0.235. The third kappa shape index (κ3) is 4.69. The summed E-state index contributed by atoms with van der Waals surface area (Å²) in [7, 11) is 1.58. The van der Waals surface area contributed by atoms with Crippen molar-refractivity contribution in [3.8, 4) is 11.5 Å². The average Bonchev–Trinajstić information content (AvgIpc) is 2.58. The first-order chi connectivity index (χ1) is 11.4. The molecule has 0 aliphatic rings. The van der Waals surface area contributed by atoms with Crippen LogP contribution in [0.2, 0.25) is 15.1 Å². The van der Waals surface area contributed by atoms with Crippen LogP contribution >= 0.6 is 34.8 Å². The zero-order valence-electron chi connectivity index (χ0n) is 13.1. The molecule has 0 radical (unpaired) electrons. The molecule has 4 nitrogen and oxygen atoms in total. The highest BCUT2D eigenvalue weighted by molar-refractivity contribution is 6.44. The van der Waals surface area contributed by atoms with E-state index in [0.29, 0.717) is 38.7 Å². The smallest absolute Gasteiger partial charge is 0.265 e. The van der Waals surface area contributed by atoms with Gasteiger partial charge >= 0.3 is 0 Å². The minimum absolute atomic E-state index is 0.303. The Morgan fingerprint density at radius 3 is 2.21 bits per heavy atom. The molecule has 1 atom stereocenters. The SMILES string of the molecule is CCC(Oc1ccc(OC)cc1)C(=O)Nc1cc(Cl)c(Cl)cc1Cl. The zero-order valence-corrected chi connectivity index (χ0v) is 15.4. The number of hydrogen-bond donors (Lipinski definition) is 1. The first-order valence-corrected chi connectivity index (χ1v) is 8.34. The summed E-state index contributed by atoms with van der Waals surface area (Å²) in [5.41, 5.74) is 0.382. The van der Waals surface area contributed by atoms with E-state index in [2.05, 4.69) is 5.32 Å². The number of carbonyl (C=O) groups is 1. The molecule has 1 N–H and O–H groups in total. The van der Waals surface area contributed by atoms with Crippen molar-refractivity contribution in [3.63, 3.8) is 0 Å². The molecule has 0 bridgehead atoms. The number of benzene rings is 2. The van der Waals surface area contributed by atoms with Gasteiger partial charge in [0.25, 0.3) is 5.91 Å². The van der Waals surface area contributed by atoms with E-state index < -0.39 is 6.10 Å². The fourth-order valence-electron chi connectivity index (χ4n) is 1.97. The molecule has 0 aliphatic carbocycles. The lowest BCUT2D eigenvalue weighted by Gasteiger charge is -2.18. The molecule has 7 heteroatoms. The van der Waals surface area contributed by atoms with E-state index in [1.807, 2.05) is 6.92 Å². The van der Waals surface area contributed by atoms with Crippen LogP contribution in [0.15, 0.2) is 36.4 Å². The minimum Gasteiger partial charge on any atom is -0.497 e. The van der Waals surface area contributed by atoms with E-state index in [1.165, 1.54) is 12.1 Å². The molecule has 0 saturated carbocycles. The van der Waals surface area contributed by atoms with E-state index >= 15 is 0 Å². The number of ether oxygens (including phenoxy) is 2. The van der Waals surface area contributed by atoms with Crippen molar-refractivity contribution in [2.45, 2.75) is 19.4 Å². The van der Waals surface area contributed by atoms with Crippen LogP contribution in [0.25, 0.3) is 0 Å². The topological polar surface area (TPSA) is 47.6 Å². The summed E-state index contributed by atoms with van der Waals surface area (Å²) in [6.45, 7) is 1.85. The Balaban J connectivity index is 2.09. The van der Waals surface area contributed by atoms with E-state index in [0.717, 1.165) is 0 Å². The number of hydrogen-bond acceptors (Lipinski definition) is 3. The van der Waals surface area contributed by atoms with Crippen molar-refractivity contribution in [2.75, 3.05) is 12.4 Å². The van der Waals surface area contributed by atoms with E-state index in [1.54, 1.807) is 31.4 Å². The molecule has 0 aromatic heterocycles. The predicted molar refractivity (Wildman–Crippen MR) is 97.8 cm³/mol. The lowest BCUT2D eigenvalue weighted by Crippen LogP contribution is -2.32. The third-order valence-electron chi connectivity index (χ3n) is 3.27. The number of amides is 1. The van der Waals surface area contributed by atoms with Crippen LogP contribution in [-0.4, -0.2) is 19.1 Å². The molecule has 1 amide bonds. The van der Waals surface area contributed by atoms with Gasteiger partial charge in [-0.3, -0.25) is 4.79 Å². The Hall–Kier alpha value is -1.62. The monoisotopic (exact) mass is 387 g/mol. The van der Waals surface area contributed by atoms with Crippen molar-refractivity contribution in [2.24, 2.45) is 0 Å². The number of halogens is 3. The first kappa shape index (κ1) is 18.7. The molecular weight excluding hydrogens is 373 g/mol. The van der Waals surface area contributed by atoms with E-state index in [4.69, 9.17) is 44.3 Å². The molecule has 128 valence electrons. The van der Waals surface area contributed by atoms with Gasteiger partial charge in [0, 0.05) is 0 Å². The summed E-state index contributed by atoms with van der Waals surface area (Å²) in [5.74, 6) is 0.953. The molecule has 2 aromatic carbocycles. The Labute approximate surface area is 155 Å². The second-order valence-electron chi connectivity index (χ2n) is 4.93. The molecule has 0 fully saturated rings. The normalized spacial score (nSPS) is 11.7. The standard InChI is InChI=1S/C17H16Cl3NO3/c1-3-16(24-11-6-4-10(23-2)5-7-11)17(22)21-15-9-13(19)12(18)8-14(15)20/h4-9,16H,3H2,1-2H3,(H,21,22). The summed E-state index contributed by atoms with van der Waals surface area (Å²) in [6, 6.07) is 9.98. The molecule has 0 heterocycles. The Kier molecular flexibility index (Phi) is 6.60. The minimum atomic E-state index is -0.677. The second-order valence-corrected chi connectivity index (χ2v) is 6.15. The van der Waals surface area contributed by atoms with Gasteiger partial charge in [-0.1, -0.05) is 41.7 Å². The van der Waals surface area contributed by atoms with Crippen LogP contribution in [0.1, 0.15) is 13.3 Å². The number of carbonyl (C=O) groups excluding carboxylic acids is 1. The van der Waals surface area contributed by atoms with Crippen molar-refractivity contribution in [1.82, 2.24) is 0 Å². The summed E-state index contributed by atoms with van der Waals surface area (Å²) < 4.78 is 10.8. The summed E-state index contributed by atoms with van der Waals surface area (Å²) in [6.07, 6.45) is -0.194. The van der Waals surface area contributed by atoms with Gasteiger partial charge in [-0.05, 0) is 42.8 Å². The van der Waals surface area contributed by atoms with Gasteiger partial charge in [-0.2, -0.15) is 0 Å². The van der Waals surface area contributed by atoms with E-state index in [9.17, 15) is 4.79 Å². The van der Waals surface area contributed by atoms with Gasteiger partial charge in [0.05, 0.1) is 27.9 Å². The van der Waals surface area contributed by atoms with Gasteiger partial charge in [0.1, 0.15) is 11.5 Å². The number of nitrogens with one attached hydrogen (secondary N) is 1. The highest BCUT2D eigenvalue weighted by Gasteiger charge is 2.20. The number of rotatable bonds is 6. The van der Waals surface area contributed by atoms with E-state index in [-0.39, 0.29) is 5.91 Å². The Bertz CT molecular complexity index is 720. The van der Waals surface area contributed by atoms with Crippen molar-refractivity contribution < 1.29 is 14.3 Å². The quantitative estimate of drug-likeness (QED) is 0.669. The maximum atomic E-state index is 12.4. The highest BCUT2D eigenvalue weighted by Crippen LogP contribution is 2.32. The lowest BCUT2D eigenvalue weighted by atomic mass is 10.2. The first-order valence-electron chi connectivity index (χ1n) is 7.20. The largest absolute Gasteiger partial charge is 0.497 e. The molecular formula is C17H16Cl3NO3. The Morgan fingerprint density at radius 1 is 1.04 bits per heavy atom. The van der Waals surface area contributed by atoms with Crippen LogP contribution in [-0.2, 0) is 4.79 Å². The highest BCUT2D eigenvalue weighted by atomic mass is 35.5. The van der Waals surface area contributed by atoms with Gasteiger partial charge in [-0.15, -0.1) is 0 Å². The fourth-order valence-corrected chi connectivity index (χ4v) is 2.57. The van der Waals surface area contributed by atoms with Gasteiger partial charge in [0.2, 0.25) is 0 Å². The molecule has 1 unspecified atom stereocenters. The van der Waals surface area contributed by atoms with Crippen LogP contribution in [0, 0.1) is 0 Å². The van der Waals surface area contributed by atoms with Crippen molar-refractivity contribution in [3.05, 3.63) is 51.5 Å². The number of anilines is 1. The van der Waals surface area contributed by atoms with Crippen LogP contribution in [0.4, 0.5) is 5.69 Å². The summed E-state index contributed by atoms with van der Waals surface area (Å²) >= 11 is 17.9. The molecule has 0 saturated heterocycles. The lowest BCUT2D eigenvalue weighted by molar-refractivity contribution is -0.122.